The van der Waals surface area contributed by atoms with Gasteiger partial charge in [-0.05, 0) is 42.0 Å². The van der Waals surface area contributed by atoms with Crippen molar-refractivity contribution in [1.29, 1.82) is 0 Å². The number of nitrogens with zero attached hydrogens (tertiary/aromatic N) is 1. The second-order valence-electron chi connectivity index (χ2n) is 11.4. The first-order valence-corrected chi connectivity index (χ1v) is 11.9. The second-order valence-corrected chi connectivity index (χ2v) is 11.4. The molecular formula is C30H38IrNO3-. The van der Waals surface area contributed by atoms with Crippen molar-refractivity contribution in [2.24, 2.45) is 10.8 Å². The molecule has 4 aromatic rings. The van der Waals surface area contributed by atoms with Crippen LogP contribution in [0.15, 0.2) is 53.1 Å². The molecule has 2 aromatic heterocycles. The Labute approximate surface area is 223 Å². The molecule has 2 heterocycles. The number of rotatable bonds is 3. The van der Waals surface area contributed by atoms with E-state index in [0.29, 0.717) is 6.42 Å². The average Bonchev–Trinajstić information content (AvgIpc) is 3.12. The van der Waals surface area contributed by atoms with E-state index in [4.69, 9.17) is 4.42 Å². The molecule has 0 fully saturated rings. The predicted octanol–water partition coefficient (Wildman–Crippen LogP) is 7.25. The van der Waals surface area contributed by atoms with E-state index in [1.807, 2.05) is 78.1 Å². The van der Waals surface area contributed by atoms with E-state index in [9.17, 15) is 10.2 Å². The third kappa shape index (κ3) is 7.01. The van der Waals surface area contributed by atoms with E-state index in [1.54, 1.807) is 0 Å². The molecule has 35 heavy (non-hydrogen) atoms. The fraction of sp³-hybridized carbons (Fsp3) is 0.433. The van der Waals surface area contributed by atoms with Gasteiger partial charge >= 0.3 is 0 Å². The summed E-state index contributed by atoms with van der Waals surface area (Å²) < 4.78 is 6.05. The maximum atomic E-state index is 9.76. The monoisotopic (exact) mass is 653 g/mol. The summed E-state index contributed by atoms with van der Waals surface area (Å²) in [5.41, 5.74) is 5.63. The standard InChI is InChI=1S/C19H14NO.C11H24O2.Ir/c1-12-10-13(2)18(20-11-12)16-8-5-7-15-14-6-3-4-9-17(14)21-19(15)16;1-10(2,3)8(12)7-9(13)11(4,5)6;/h3-7,9-11H,1-2H3;8-9,12-13H,7H2,1-6H3;/q-1;;. The number of aliphatic hydroxyl groups excluding tert-OH is 2. The van der Waals surface area contributed by atoms with E-state index >= 15 is 0 Å². The molecule has 0 amide bonds. The van der Waals surface area contributed by atoms with Gasteiger partial charge in [-0.25, -0.2) is 0 Å². The predicted molar refractivity (Wildman–Crippen MR) is 141 cm³/mol. The van der Waals surface area contributed by atoms with Crippen molar-refractivity contribution in [3.8, 4) is 11.3 Å². The summed E-state index contributed by atoms with van der Waals surface area (Å²) >= 11 is 0. The first kappa shape index (κ1) is 29.2. The van der Waals surface area contributed by atoms with Gasteiger partial charge in [0.15, 0.2) is 0 Å². The quantitative estimate of drug-likeness (QED) is 0.229. The number of pyridine rings is 1. The van der Waals surface area contributed by atoms with Gasteiger partial charge in [0.2, 0.25) is 0 Å². The molecule has 0 aliphatic rings. The number of para-hydroxylation sites is 1. The molecule has 0 bridgehead atoms. The van der Waals surface area contributed by atoms with Crippen molar-refractivity contribution < 1.29 is 34.7 Å². The molecule has 2 aromatic carbocycles. The van der Waals surface area contributed by atoms with Crippen LogP contribution >= 0.6 is 0 Å². The second kappa shape index (κ2) is 11.3. The first-order chi connectivity index (χ1) is 15.8. The fourth-order valence-corrected chi connectivity index (χ4v) is 3.76. The Balaban J connectivity index is 0.000000271. The number of hydrogen-bond donors (Lipinski definition) is 2. The molecule has 0 saturated heterocycles. The zero-order chi connectivity index (χ0) is 25.3. The Kier molecular flexibility index (Phi) is 9.46. The van der Waals surface area contributed by atoms with Gasteiger partial charge in [0.25, 0.3) is 0 Å². The zero-order valence-corrected chi connectivity index (χ0v) is 24.5. The van der Waals surface area contributed by atoms with Crippen LogP contribution in [0.25, 0.3) is 33.2 Å². The summed E-state index contributed by atoms with van der Waals surface area (Å²) in [7, 11) is 0. The van der Waals surface area contributed by atoms with Crippen LogP contribution in [0.5, 0.6) is 0 Å². The Morgan fingerprint density at radius 2 is 1.51 bits per heavy atom. The Morgan fingerprint density at radius 3 is 2.09 bits per heavy atom. The van der Waals surface area contributed by atoms with E-state index in [-0.39, 0.29) is 30.9 Å². The first-order valence-electron chi connectivity index (χ1n) is 11.9. The number of aryl methyl sites for hydroxylation is 2. The third-order valence-electron chi connectivity index (χ3n) is 6.24. The molecular weight excluding hydrogens is 615 g/mol. The summed E-state index contributed by atoms with van der Waals surface area (Å²) in [5, 5.41) is 21.8. The largest absolute Gasteiger partial charge is 0.501 e. The molecule has 0 saturated carbocycles. The molecule has 2 unspecified atom stereocenters. The topological polar surface area (TPSA) is 66.5 Å². The Morgan fingerprint density at radius 1 is 0.914 bits per heavy atom. The van der Waals surface area contributed by atoms with Gasteiger partial charge in [0.1, 0.15) is 5.58 Å². The minimum absolute atomic E-state index is 0. The van der Waals surface area contributed by atoms with Gasteiger partial charge < -0.3 is 19.6 Å². The summed E-state index contributed by atoms with van der Waals surface area (Å²) in [5.74, 6) is 0. The maximum absolute atomic E-state index is 9.76. The molecule has 191 valence electrons. The SMILES string of the molecule is CC(C)(C)C(O)CC(O)C(C)(C)C.Cc1cnc(-c2[c-]ccc3c2oc2ccccc23)c(C)c1.[Ir]. The minimum atomic E-state index is -0.443. The summed E-state index contributed by atoms with van der Waals surface area (Å²) in [4.78, 5) is 4.58. The Hall–Kier alpha value is -2.04. The number of furan rings is 1. The molecule has 0 aliphatic carbocycles. The van der Waals surface area contributed by atoms with E-state index < -0.39 is 12.2 Å². The van der Waals surface area contributed by atoms with Gasteiger partial charge in [0.05, 0.1) is 17.8 Å². The van der Waals surface area contributed by atoms with Crippen LogP contribution in [0.1, 0.15) is 59.1 Å². The van der Waals surface area contributed by atoms with Gasteiger partial charge in [0, 0.05) is 38.1 Å². The average molecular weight is 653 g/mol. The molecule has 2 N–H and O–H groups in total. The zero-order valence-electron chi connectivity index (χ0n) is 22.1. The number of benzene rings is 2. The summed E-state index contributed by atoms with van der Waals surface area (Å²) in [6.07, 6.45) is 1.45. The van der Waals surface area contributed by atoms with E-state index in [1.165, 1.54) is 0 Å². The number of aliphatic hydroxyl groups is 2. The third-order valence-corrected chi connectivity index (χ3v) is 6.24. The van der Waals surface area contributed by atoms with Gasteiger partial charge in [-0.15, -0.1) is 18.2 Å². The van der Waals surface area contributed by atoms with Crippen molar-refractivity contribution in [2.75, 3.05) is 0 Å². The molecule has 5 heteroatoms. The van der Waals surface area contributed by atoms with Crippen LogP contribution < -0.4 is 0 Å². The fourth-order valence-electron chi connectivity index (χ4n) is 3.76. The van der Waals surface area contributed by atoms with E-state index in [0.717, 1.165) is 44.3 Å². The van der Waals surface area contributed by atoms with Crippen LogP contribution in [-0.2, 0) is 20.1 Å². The molecule has 4 rings (SSSR count). The number of fused-ring (bicyclic) bond motifs is 3. The number of aromatic nitrogens is 1. The minimum Gasteiger partial charge on any atom is -0.501 e. The maximum Gasteiger partial charge on any atom is 0.120 e. The molecule has 0 spiro atoms. The van der Waals surface area contributed by atoms with Crippen LogP contribution in [0.4, 0.5) is 0 Å². The molecule has 1 radical (unpaired) electrons. The summed E-state index contributed by atoms with van der Waals surface area (Å²) in [6.45, 7) is 16.0. The molecule has 4 nitrogen and oxygen atoms in total. The van der Waals surface area contributed by atoms with Gasteiger partial charge in [-0.2, -0.15) is 0 Å². The number of hydrogen-bond acceptors (Lipinski definition) is 4. The van der Waals surface area contributed by atoms with Crippen molar-refractivity contribution >= 4 is 21.9 Å². The van der Waals surface area contributed by atoms with Crippen LogP contribution in [0, 0.1) is 30.7 Å². The van der Waals surface area contributed by atoms with Crippen LogP contribution in [0.2, 0.25) is 0 Å². The van der Waals surface area contributed by atoms with Crippen molar-refractivity contribution in [2.45, 2.75) is 74.0 Å². The molecule has 0 aliphatic heterocycles. The van der Waals surface area contributed by atoms with Crippen molar-refractivity contribution in [1.82, 2.24) is 4.98 Å². The van der Waals surface area contributed by atoms with Crippen LogP contribution in [-0.4, -0.2) is 27.4 Å². The normalized spacial score (nSPS) is 13.7. The smallest absolute Gasteiger partial charge is 0.120 e. The van der Waals surface area contributed by atoms with Gasteiger partial charge in [-0.3, -0.25) is 0 Å². The van der Waals surface area contributed by atoms with Crippen molar-refractivity contribution in [3.05, 3.63) is 65.9 Å². The van der Waals surface area contributed by atoms with E-state index in [2.05, 4.69) is 37.0 Å². The summed E-state index contributed by atoms with van der Waals surface area (Å²) in [6, 6.07) is 17.5. The van der Waals surface area contributed by atoms with Crippen LogP contribution in [0.3, 0.4) is 0 Å². The molecule has 2 atom stereocenters. The van der Waals surface area contributed by atoms with Crippen molar-refractivity contribution in [3.63, 3.8) is 0 Å². The van der Waals surface area contributed by atoms with Gasteiger partial charge in [-0.1, -0.05) is 82.3 Å². The Bertz CT molecular complexity index is 1250.